The van der Waals surface area contributed by atoms with Crippen LogP contribution in [-0.2, 0) is 18.9 Å². The fraction of sp³-hybridized carbons (Fsp3) is 0.579. The Hall–Kier alpha value is -1.90. The molecule has 0 amide bonds. The molecule has 0 aliphatic rings. The van der Waals surface area contributed by atoms with E-state index in [1.165, 1.54) is 24.7 Å². The minimum absolute atomic E-state index is 0.0751. The van der Waals surface area contributed by atoms with Gasteiger partial charge in [0.05, 0.1) is 22.8 Å². The number of nitrogens with one attached hydrogen (secondary N) is 1. The zero-order valence-corrected chi connectivity index (χ0v) is 17.6. The molecule has 1 N–H and O–H groups in total. The van der Waals surface area contributed by atoms with E-state index < -0.39 is 29.6 Å². The van der Waals surface area contributed by atoms with Gasteiger partial charge in [-0.05, 0) is 33.3 Å². The molecule has 0 unspecified atom stereocenters. The minimum atomic E-state index is -4.41. The van der Waals surface area contributed by atoms with Crippen molar-refractivity contribution in [3.63, 3.8) is 0 Å². The first-order chi connectivity index (χ1) is 13.2. The van der Waals surface area contributed by atoms with Crippen molar-refractivity contribution in [3.8, 4) is 11.3 Å². The lowest BCUT2D eigenvalue weighted by Gasteiger charge is -2.28. The highest BCUT2D eigenvalue weighted by Crippen LogP contribution is 2.41. The van der Waals surface area contributed by atoms with Crippen LogP contribution in [-0.4, -0.2) is 26.5 Å². The van der Waals surface area contributed by atoms with E-state index in [1.54, 1.807) is 6.92 Å². The molecule has 10 heteroatoms. The number of halogens is 6. The maximum Gasteiger partial charge on any atom is 0.391 e. The number of rotatable bonds is 7. The number of pyridine rings is 1. The molecule has 0 fully saturated rings. The third-order valence-corrected chi connectivity index (χ3v) is 4.73. The summed E-state index contributed by atoms with van der Waals surface area (Å²) in [5, 5.41) is 7.21. The summed E-state index contributed by atoms with van der Waals surface area (Å²) >= 11 is 6.39. The Morgan fingerprint density at radius 3 is 2.21 bits per heavy atom. The minimum Gasteiger partial charge on any atom is -0.365 e. The summed E-state index contributed by atoms with van der Waals surface area (Å²) in [5.41, 5.74) is -0.836. The van der Waals surface area contributed by atoms with E-state index in [-0.39, 0.29) is 16.4 Å². The van der Waals surface area contributed by atoms with Gasteiger partial charge in [-0.25, -0.2) is 13.8 Å². The normalized spacial score (nSPS) is 13.1. The Balaban J connectivity index is 2.57. The van der Waals surface area contributed by atoms with Gasteiger partial charge in [-0.1, -0.05) is 18.5 Å². The molecule has 2 rings (SSSR count). The monoisotopic (exact) mass is 438 g/mol. The molecular formula is C19H24ClF5N4. The van der Waals surface area contributed by atoms with Gasteiger partial charge in [-0.2, -0.15) is 18.3 Å². The molecule has 4 nitrogen and oxygen atoms in total. The summed E-state index contributed by atoms with van der Waals surface area (Å²) in [5.74, 6) is -3.35. The fourth-order valence-electron chi connectivity index (χ4n) is 3.17. The summed E-state index contributed by atoms with van der Waals surface area (Å²) in [6.45, 7) is 7.44. The second-order valence-electron chi connectivity index (χ2n) is 7.58. The Kier molecular flexibility index (Phi) is 6.52. The standard InChI is InChI=1S/C19H24ClF5N4/c1-6-13-15(20)16(29(7-2)28-13)11-9-26-14(8-12(11)18(5,21)22)27-17(3,4)10-19(23,24)25/h8-9H,6-7,10H2,1-5H3,(H,26,27). The van der Waals surface area contributed by atoms with Gasteiger partial charge in [-0.15, -0.1) is 0 Å². The van der Waals surface area contributed by atoms with Crippen LogP contribution in [0.3, 0.4) is 0 Å². The molecule has 0 aliphatic heterocycles. The third-order valence-electron chi connectivity index (χ3n) is 4.34. The third kappa shape index (κ3) is 5.58. The number of alkyl halides is 5. The Labute approximate surface area is 171 Å². The van der Waals surface area contributed by atoms with Gasteiger partial charge in [0.2, 0.25) is 0 Å². The van der Waals surface area contributed by atoms with E-state index in [0.29, 0.717) is 24.4 Å². The number of aromatic nitrogens is 3. The molecule has 162 valence electrons. The molecule has 0 aliphatic carbocycles. The molecule has 2 heterocycles. The summed E-state index contributed by atoms with van der Waals surface area (Å²) in [6.07, 6.45) is -3.83. The SMILES string of the molecule is CCc1nn(CC)c(-c2cnc(NC(C)(C)CC(F)(F)F)cc2C(C)(F)F)c1Cl. The Morgan fingerprint density at radius 2 is 1.72 bits per heavy atom. The van der Waals surface area contributed by atoms with Gasteiger partial charge >= 0.3 is 6.18 Å². The maximum atomic E-state index is 14.4. The van der Waals surface area contributed by atoms with Crippen LogP contribution in [0.1, 0.15) is 52.3 Å². The average Bonchev–Trinajstić information content (AvgIpc) is 2.87. The van der Waals surface area contributed by atoms with Gasteiger partial charge in [0.1, 0.15) is 5.82 Å². The van der Waals surface area contributed by atoms with E-state index in [1.807, 2.05) is 6.92 Å². The number of anilines is 1. The predicted octanol–water partition coefficient (Wildman–Crippen LogP) is 6.44. The van der Waals surface area contributed by atoms with Gasteiger partial charge in [0.25, 0.3) is 5.92 Å². The van der Waals surface area contributed by atoms with E-state index >= 15 is 0 Å². The van der Waals surface area contributed by atoms with Crippen molar-refractivity contribution >= 4 is 17.4 Å². The van der Waals surface area contributed by atoms with Gasteiger partial charge in [0, 0.05) is 36.3 Å². The molecule has 0 saturated heterocycles. The van der Waals surface area contributed by atoms with Crippen LogP contribution in [0, 0.1) is 0 Å². The lowest BCUT2D eigenvalue weighted by atomic mass is 9.98. The van der Waals surface area contributed by atoms with Crippen LogP contribution in [0.2, 0.25) is 5.02 Å². The first-order valence-corrected chi connectivity index (χ1v) is 9.55. The molecule has 2 aromatic heterocycles. The fourth-order valence-corrected chi connectivity index (χ4v) is 3.54. The number of hydrogen-bond donors (Lipinski definition) is 1. The maximum absolute atomic E-state index is 14.4. The van der Waals surface area contributed by atoms with Crippen molar-refractivity contribution in [2.45, 2.75) is 71.6 Å². The molecule has 0 aromatic carbocycles. The van der Waals surface area contributed by atoms with Crippen molar-refractivity contribution in [1.29, 1.82) is 0 Å². The van der Waals surface area contributed by atoms with E-state index in [9.17, 15) is 22.0 Å². The van der Waals surface area contributed by atoms with E-state index in [0.717, 1.165) is 13.0 Å². The first kappa shape index (κ1) is 23.4. The zero-order valence-electron chi connectivity index (χ0n) is 16.9. The van der Waals surface area contributed by atoms with Crippen LogP contribution >= 0.6 is 11.6 Å². The summed E-state index contributed by atoms with van der Waals surface area (Å²) in [6, 6.07) is 1.07. The van der Waals surface area contributed by atoms with Crippen LogP contribution in [0.25, 0.3) is 11.3 Å². The van der Waals surface area contributed by atoms with Crippen LogP contribution in [0.4, 0.5) is 27.8 Å². The van der Waals surface area contributed by atoms with Crippen LogP contribution in [0.15, 0.2) is 12.3 Å². The lowest BCUT2D eigenvalue weighted by molar-refractivity contribution is -0.142. The molecule has 0 saturated carbocycles. The number of aryl methyl sites for hydroxylation is 2. The van der Waals surface area contributed by atoms with Crippen molar-refractivity contribution in [3.05, 3.63) is 28.5 Å². The Bertz CT molecular complexity index is 869. The largest absolute Gasteiger partial charge is 0.391 e. The highest BCUT2D eigenvalue weighted by molar-refractivity contribution is 6.33. The van der Waals surface area contributed by atoms with Gasteiger partial charge < -0.3 is 5.32 Å². The van der Waals surface area contributed by atoms with Crippen LogP contribution < -0.4 is 5.32 Å². The second-order valence-corrected chi connectivity index (χ2v) is 7.96. The molecule has 2 aromatic rings. The number of nitrogens with zero attached hydrogens (tertiary/aromatic N) is 3. The molecule has 0 spiro atoms. The van der Waals surface area contributed by atoms with Crippen LogP contribution in [0.5, 0.6) is 0 Å². The summed E-state index contributed by atoms with van der Waals surface area (Å²) in [7, 11) is 0. The predicted molar refractivity (Wildman–Crippen MR) is 103 cm³/mol. The topological polar surface area (TPSA) is 42.7 Å². The smallest absolute Gasteiger partial charge is 0.365 e. The number of hydrogen-bond acceptors (Lipinski definition) is 3. The summed E-state index contributed by atoms with van der Waals surface area (Å²) < 4.78 is 68.7. The highest BCUT2D eigenvalue weighted by atomic mass is 35.5. The zero-order chi connectivity index (χ0) is 22.2. The molecule has 0 radical (unpaired) electrons. The molecule has 0 atom stereocenters. The van der Waals surface area contributed by atoms with E-state index in [2.05, 4.69) is 15.4 Å². The lowest BCUT2D eigenvalue weighted by Crippen LogP contribution is -2.36. The quantitative estimate of drug-likeness (QED) is 0.506. The van der Waals surface area contributed by atoms with Gasteiger partial charge in [0.15, 0.2) is 0 Å². The van der Waals surface area contributed by atoms with Crippen molar-refractivity contribution < 1.29 is 22.0 Å². The van der Waals surface area contributed by atoms with E-state index in [4.69, 9.17) is 11.6 Å². The molecule has 29 heavy (non-hydrogen) atoms. The highest BCUT2D eigenvalue weighted by Gasteiger charge is 2.37. The summed E-state index contributed by atoms with van der Waals surface area (Å²) in [4.78, 5) is 4.08. The molecular weight excluding hydrogens is 415 g/mol. The second kappa shape index (κ2) is 8.08. The Morgan fingerprint density at radius 1 is 1.10 bits per heavy atom. The van der Waals surface area contributed by atoms with Crippen molar-refractivity contribution in [2.24, 2.45) is 0 Å². The molecule has 0 bridgehead atoms. The first-order valence-electron chi connectivity index (χ1n) is 9.17. The van der Waals surface area contributed by atoms with Crippen molar-refractivity contribution in [1.82, 2.24) is 14.8 Å². The van der Waals surface area contributed by atoms with Crippen molar-refractivity contribution in [2.75, 3.05) is 5.32 Å². The average molecular weight is 439 g/mol. The van der Waals surface area contributed by atoms with Gasteiger partial charge in [-0.3, -0.25) is 4.68 Å².